The maximum absolute atomic E-state index is 11.2. The lowest BCUT2D eigenvalue weighted by Crippen LogP contribution is -2.07. The minimum absolute atomic E-state index is 0.00333. The fraction of sp³-hybridized carbons (Fsp3) is 0.0833. The van der Waals surface area contributed by atoms with Gasteiger partial charge in [0.2, 0.25) is 5.88 Å². The summed E-state index contributed by atoms with van der Waals surface area (Å²) in [5.74, 6) is -0.501. The van der Waals surface area contributed by atoms with Crippen LogP contribution in [-0.2, 0) is 11.2 Å². The second-order valence-corrected chi connectivity index (χ2v) is 4.05. The predicted octanol–water partition coefficient (Wildman–Crippen LogP) is 1.84. The van der Waals surface area contributed by atoms with Gasteiger partial charge in [0.05, 0.1) is 12.7 Å². The highest BCUT2D eigenvalue weighted by atomic mass is 35.5. The first-order chi connectivity index (χ1) is 9.06. The second-order valence-electron chi connectivity index (χ2n) is 3.67. The van der Waals surface area contributed by atoms with Crippen LogP contribution in [0.1, 0.15) is 5.56 Å². The first kappa shape index (κ1) is 13.1. The fourth-order valence-corrected chi connectivity index (χ4v) is 1.54. The molecule has 0 saturated carbocycles. The Morgan fingerprint density at radius 1 is 1.37 bits per heavy atom. The Kier molecular flexibility index (Phi) is 3.82. The summed E-state index contributed by atoms with van der Waals surface area (Å²) in [5, 5.41) is 8.50. The third kappa shape index (κ3) is 3.32. The fourth-order valence-electron chi connectivity index (χ4n) is 1.40. The number of carbonyl (C=O) groups is 1. The molecule has 1 heterocycles. The summed E-state index contributed by atoms with van der Waals surface area (Å²) in [6, 6.07) is 6.39. The quantitative estimate of drug-likeness (QED) is 0.891. The lowest BCUT2D eigenvalue weighted by Gasteiger charge is -2.05. The third-order valence-corrected chi connectivity index (χ3v) is 2.59. The largest absolute Gasteiger partial charge is 0.481 e. The van der Waals surface area contributed by atoms with E-state index >= 15 is 0 Å². The Hall–Kier alpha value is -2.34. The molecule has 0 radical (unpaired) electrons. The molecule has 0 aliphatic rings. The van der Waals surface area contributed by atoms with Crippen LogP contribution < -0.4 is 10.3 Å². The number of hydrogen-bond acceptors (Lipinski definition) is 4. The molecule has 98 valence electrons. The monoisotopic (exact) mass is 280 g/mol. The molecule has 0 bridgehead atoms. The van der Waals surface area contributed by atoms with Crippen LogP contribution in [0, 0.1) is 0 Å². The van der Waals surface area contributed by atoms with Crippen LogP contribution in [0.5, 0.6) is 11.6 Å². The summed E-state index contributed by atoms with van der Waals surface area (Å²) >= 11 is 5.73. The molecular weight excluding hydrogens is 272 g/mol. The number of carboxylic acids is 1. The summed E-state index contributed by atoms with van der Waals surface area (Å²) in [6.45, 7) is 0. The van der Waals surface area contributed by atoms with E-state index in [2.05, 4.69) is 9.97 Å². The summed E-state index contributed by atoms with van der Waals surface area (Å²) in [6.07, 6.45) is 1.12. The number of ether oxygens (including phenoxy) is 1. The number of rotatable bonds is 4. The van der Waals surface area contributed by atoms with E-state index in [1.807, 2.05) is 0 Å². The molecule has 0 unspecified atom stereocenters. The van der Waals surface area contributed by atoms with Crippen molar-refractivity contribution in [2.75, 3.05) is 0 Å². The zero-order valence-corrected chi connectivity index (χ0v) is 10.3. The molecule has 0 atom stereocenters. The average molecular weight is 281 g/mol. The normalized spacial score (nSPS) is 10.2. The Morgan fingerprint density at radius 2 is 2.05 bits per heavy atom. The highest BCUT2D eigenvalue weighted by molar-refractivity contribution is 6.31. The molecule has 0 saturated heterocycles. The van der Waals surface area contributed by atoms with Crippen LogP contribution in [0.15, 0.2) is 35.4 Å². The van der Waals surface area contributed by atoms with Gasteiger partial charge >= 0.3 is 5.97 Å². The van der Waals surface area contributed by atoms with Crippen LogP contribution in [0.4, 0.5) is 0 Å². The topological polar surface area (TPSA) is 92.3 Å². The number of aromatic nitrogens is 2. The number of nitrogens with one attached hydrogen (secondary N) is 1. The number of carboxylic acid groups (broad SMARTS) is 1. The van der Waals surface area contributed by atoms with Gasteiger partial charge in [-0.1, -0.05) is 23.7 Å². The zero-order valence-electron chi connectivity index (χ0n) is 9.59. The van der Waals surface area contributed by atoms with Crippen molar-refractivity contribution >= 4 is 17.6 Å². The number of aliphatic carboxylic acids is 1. The molecule has 2 aromatic rings. The van der Waals surface area contributed by atoms with E-state index in [4.69, 9.17) is 21.4 Å². The van der Waals surface area contributed by atoms with E-state index in [9.17, 15) is 9.59 Å². The lowest BCUT2D eigenvalue weighted by molar-refractivity contribution is -0.136. The molecule has 2 rings (SSSR count). The van der Waals surface area contributed by atoms with Crippen LogP contribution in [0.3, 0.4) is 0 Å². The number of benzene rings is 1. The Balaban J connectivity index is 2.17. The number of nitrogens with zero attached hydrogens (tertiary/aromatic N) is 1. The van der Waals surface area contributed by atoms with Gasteiger partial charge in [-0.2, -0.15) is 0 Å². The zero-order chi connectivity index (χ0) is 13.8. The molecule has 0 spiro atoms. The smallest absolute Gasteiger partial charge is 0.307 e. The van der Waals surface area contributed by atoms with Gasteiger partial charge in [0.1, 0.15) is 5.75 Å². The molecule has 19 heavy (non-hydrogen) atoms. The van der Waals surface area contributed by atoms with Crippen molar-refractivity contribution in [3.63, 3.8) is 0 Å². The molecule has 2 N–H and O–H groups in total. The van der Waals surface area contributed by atoms with E-state index in [1.54, 1.807) is 24.3 Å². The lowest BCUT2D eigenvalue weighted by atomic mass is 10.1. The van der Waals surface area contributed by atoms with Gasteiger partial charge in [0.15, 0.2) is 5.02 Å². The molecule has 1 aromatic heterocycles. The standard InChI is InChI=1S/C12H9ClN2O4/c13-10-11(18)14-6-15-12(10)19-8-3-1-7(2-4-8)5-9(16)17/h1-4,6H,5H2,(H,16,17)(H,14,15,18). The van der Waals surface area contributed by atoms with Crippen molar-refractivity contribution in [1.82, 2.24) is 9.97 Å². The van der Waals surface area contributed by atoms with Gasteiger partial charge in [-0.15, -0.1) is 0 Å². The molecule has 0 amide bonds. The highest BCUT2D eigenvalue weighted by Gasteiger charge is 2.08. The van der Waals surface area contributed by atoms with Gasteiger partial charge in [-0.25, -0.2) is 4.98 Å². The van der Waals surface area contributed by atoms with Gasteiger partial charge in [-0.3, -0.25) is 9.59 Å². The molecule has 0 aliphatic heterocycles. The summed E-state index contributed by atoms with van der Waals surface area (Å²) in [7, 11) is 0. The molecule has 0 fully saturated rings. The van der Waals surface area contributed by atoms with E-state index in [1.165, 1.54) is 6.33 Å². The number of halogens is 1. The van der Waals surface area contributed by atoms with E-state index in [-0.39, 0.29) is 17.3 Å². The van der Waals surface area contributed by atoms with E-state index in [0.717, 1.165) is 0 Å². The maximum Gasteiger partial charge on any atom is 0.307 e. The Morgan fingerprint density at radius 3 is 2.68 bits per heavy atom. The van der Waals surface area contributed by atoms with Crippen LogP contribution in [0.25, 0.3) is 0 Å². The van der Waals surface area contributed by atoms with E-state index < -0.39 is 11.5 Å². The van der Waals surface area contributed by atoms with Crippen molar-refractivity contribution in [2.45, 2.75) is 6.42 Å². The van der Waals surface area contributed by atoms with Crippen molar-refractivity contribution in [1.29, 1.82) is 0 Å². The van der Waals surface area contributed by atoms with Crippen molar-refractivity contribution in [3.05, 3.63) is 51.5 Å². The Labute approximate surface area is 112 Å². The Bertz CT molecular complexity index is 652. The predicted molar refractivity (Wildman–Crippen MR) is 67.7 cm³/mol. The maximum atomic E-state index is 11.2. The van der Waals surface area contributed by atoms with Crippen LogP contribution in [-0.4, -0.2) is 21.0 Å². The first-order valence-corrected chi connectivity index (χ1v) is 5.66. The summed E-state index contributed by atoms with van der Waals surface area (Å²) in [5.41, 5.74) is 0.152. The van der Waals surface area contributed by atoms with Crippen molar-refractivity contribution in [2.24, 2.45) is 0 Å². The number of H-pyrrole nitrogens is 1. The molecule has 6 nitrogen and oxygen atoms in total. The molecule has 7 heteroatoms. The number of hydrogen-bond donors (Lipinski definition) is 2. The highest BCUT2D eigenvalue weighted by Crippen LogP contribution is 2.23. The van der Waals surface area contributed by atoms with Crippen molar-refractivity contribution < 1.29 is 14.6 Å². The molecule has 0 aliphatic carbocycles. The first-order valence-electron chi connectivity index (χ1n) is 5.28. The summed E-state index contributed by atoms with van der Waals surface area (Å²) in [4.78, 5) is 27.9. The van der Waals surface area contributed by atoms with Crippen molar-refractivity contribution in [3.8, 4) is 11.6 Å². The van der Waals surface area contributed by atoms with Gasteiger partial charge in [-0.05, 0) is 17.7 Å². The van der Waals surface area contributed by atoms with Gasteiger partial charge < -0.3 is 14.8 Å². The number of aromatic amines is 1. The van der Waals surface area contributed by atoms with Gasteiger partial charge in [0, 0.05) is 0 Å². The van der Waals surface area contributed by atoms with Crippen LogP contribution >= 0.6 is 11.6 Å². The average Bonchev–Trinajstić information content (AvgIpc) is 2.37. The minimum atomic E-state index is -0.909. The third-order valence-electron chi connectivity index (χ3n) is 2.26. The molecule has 1 aromatic carbocycles. The second kappa shape index (κ2) is 5.53. The summed E-state index contributed by atoms with van der Waals surface area (Å²) < 4.78 is 5.34. The molecular formula is C12H9ClN2O4. The van der Waals surface area contributed by atoms with Gasteiger partial charge in [0.25, 0.3) is 5.56 Å². The SMILES string of the molecule is O=C(O)Cc1ccc(Oc2nc[nH]c(=O)c2Cl)cc1. The minimum Gasteiger partial charge on any atom is -0.481 e. The van der Waals surface area contributed by atoms with E-state index in [0.29, 0.717) is 11.3 Å². The van der Waals surface area contributed by atoms with Crippen LogP contribution in [0.2, 0.25) is 5.02 Å².